The van der Waals surface area contributed by atoms with Crippen molar-refractivity contribution in [1.29, 1.82) is 0 Å². The Morgan fingerprint density at radius 1 is 1.09 bits per heavy atom. The number of hydrogen-bond acceptors (Lipinski definition) is 3. The first-order valence-corrected chi connectivity index (χ1v) is 11.8. The Balaban J connectivity index is 1.56. The van der Waals surface area contributed by atoms with Gasteiger partial charge in [0.1, 0.15) is 0 Å². The van der Waals surface area contributed by atoms with Crippen LogP contribution in [0.15, 0.2) is 53.5 Å². The van der Waals surface area contributed by atoms with Crippen molar-refractivity contribution in [2.24, 2.45) is 4.99 Å². The molecule has 32 heavy (non-hydrogen) atoms. The van der Waals surface area contributed by atoms with Crippen LogP contribution in [-0.4, -0.2) is 50.0 Å². The average molecular weight is 436 g/mol. The van der Waals surface area contributed by atoms with Crippen LogP contribution >= 0.6 is 0 Å². The normalized spacial score (nSPS) is 14.9. The monoisotopic (exact) mass is 435 g/mol. The van der Waals surface area contributed by atoms with Crippen molar-refractivity contribution >= 4 is 17.6 Å². The number of guanidine groups is 1. The molecule has 6 nitrogen and oxygen atoms in total. The van der Waals surface area contributed by atoms with E-state index in [-0.39, 0.29) is 11.9 Å². The molecule has 172 valence electrons. The zero-order valence-electron chi connectivity index (χ0n) is 19.9. The Kier molecular flexibility index (Phi) is 8.54. The number of anilines is 1. The van der Waals surface area contributed by atoms with E-state index in [1.807, 2.05) is 43.0 Å². The lowest BCUT2D eigenvalue weighted by Crippen LogP contribution is -2.38. The first-order chi connectivity index (χ1) is 15.5. The topological polar surface area (TPSA) is 60.0 Å². The molecule has 6 heteroatoms. The van der Waals surface area contributed by atoms with Gasteiger partial charge in [0.2, 0.25) is 0 Å². The second-order valence-corrected chi connectivity index (χ2v) is 8.26. The van der Waals surface area contributed by atoms with Crippen LogP contribution in [0.3, 0.4) is 0 Å². The van der Waals surface area contributed by atoms with Crippen LogP contribution in [0, 0.1) is 0 Å². The van der Waals surface area contributed by atoms with Gasteiger partial charge >= 0.3 is 0 Å². The summed E-state index contributed by atoms with van der Waals surface area (Å²) >= 11 is 0. The van der Waals surface area contributed by atoms with E-state index in [1.165, 1.54) is 24.1 Å². The van der Waals surface area contributed by atoms with Crippen LogP contribution in [-0.2, 0) is 6.54 Å². The number of hydrogen-bond donors (Lipinski definition) is 2. The Hall–Kier alpha value is -3.02. The van der Waals surface area contributed by atoms with E-state index in [1.54, 1.807) is 7.05 Å². The molecular weight excluding hydrogens is 398 g/mol. The van der Waals surface area contributed by atoms with Crippen molar-refractivity contribution in [3.05, 3.63) is 65.2 Å². The minimum Gasteiger partial charge on any atom is -0.372 e. The minimum absolute atomic E-state index is 0.0805. The Morgan fingerprint density at radius 3 is 2.41 bits per heavy atom. The van der Waals surface area contributed by atoms with Gasteiger partial charge in [-0.15, -0.1) is 0 Å². The summed E-state index contributed by atoms with van der Waals surface area (Å²) in [7, 11) is 1.79. The summed E-state index contributed by atoms with van der Waals surface area (Å²) in [5.41, 5.74) is 4.38. The zero-order valence-corrected chi connectivity index (χ0v) is 19.9. The molecule has 3 rings (SSSR count). The van der Waals surface area contributed by atoms with Crippen LogP contribution in [0.5, 0.6) is 0 Å². The van der Waals surface area contributed by atoms with E-state index in [0.29, 0.717) is 6.54 Å². The predicted octanol–water partition coefficient (Wildman–Crippen LogP) is 4.20. The Labute approximate surface area is 192 Å². The molecule has 1 amide bonds. The summed E-state index contributed by atoms with van der Waals surface area (Å²) in [6, 6.07) is 16.7. The summed E-state index contributed by atoms with van der Waals surface area (Å²) in [6.45, 7) is 10.5. The average Bonchev–Trinajstić information content (AvgIpc) is 3.38. The smallest absolute Gasteiger partial charge is 0.253 e. The largest absolute Gasteiger partial charge is 0.372 e. The lowest BCUT2D eigenvalue weighted by molar-refractivity contribution is 0.0773. The molecule has 1 aliphatic heterocycles. The molecule has 2 N–H and O–H groups in total. The first-order valence-electron chi connectivity index (χ1n) is 11.8. The molecule has 1 unspecified atom stereocenters. The van der Waals surface area contributed by atoms with Crippen molar-refractivity contribution in [2.45, 2.75) is 46.2 Å². The highest BCUT2D eigenvalue weighted by Crippen LogP contribution is 2.24. The maximum Gasteiger partial charge on any atom is 0.253 e. The molecule has 0 aliphatic carbocycles. The van der Waals surface area contributed by atoms with Gasteiger partial charge in [-0.25, -0.2) is 0 Å². The molecule has 0 saturated carbocycles. The fraction of sp³-hybridized carbons (Fsp3) is 0.462. The van der Waals surface area contributed by atoms with E-state index >= 15 is 0 Å². The molecule has 1 fully saturated rings. The number of benzene rings is 2. The third-order valence-electron chi connectivity index (χ3n) is 6.13. The number of nitrogens with one attached hydrogen (secondary N) is 2. The van der Waals surface area contributed by atoms with E-state index in [2.05, 4.69) is 51.7 Å². The number of aliphatic imine (C=N–C) groups is 1. The SMILES string of the molecule is CCN(CC)C(=O)c1ccc(CNC(=NC)NC(C)c2cccc(N3CCCC3)c2)cc1. The van der Waals surface area contributed by atoms with Crippen LogP contribution in [0.25, 0.3) is 0 Å². The van der Waals surface area contributed by atoms with Crippen molar-refractivity contribution in [3.63, 3.8) is 0 Å². The third-order valence-corrected chi connectivity index (χ3v) is 6.13. The molecule has 0 spiro atoms. The molecular formula is C26H37N5O. The summed E-state index contributed by atoms with van der Waals surface area (Å²) in [4.78, 5) is 21.1. The maximum absolute atomic E-state index is 12.5. The van der Waals surface area contributed by atoms with Gasteiger partial charge in [0, 0.05) is 51.0 Å². The van der Waals surface area contributed by atoms with Gasteiger partial charge in [0.15, 0.2) is 5.96 Å². The molecule has 1 saturated heterocycles. The molecule has 0 bridgehead atoms. The van der Waals surface area contributed by atoms with Crippen molar-refractivity contribution in [1.82, 2.24) is 15.5 Å². The fourth-order valence-corrected chi connectivity index (χ4v) is 4.09. The van der Waals surface area contributed by atoms with Crippen LogP contribution in [0.2, 0.25) is 0 Å². The summed E-state index contributed by atoms with van der Waals surface area (Å²) in [5.74, 6) is 0.837. The maximum atomic E-state index is 12.5. The number of nitrogens with zero attached hydrogens (tertiary/aromatic N) is 3. The number of carbonyl (C=O) groups is 1. The van der Waals surface area contributed by atoms with Crippen LogP contribution < -0.4 is 15.5 Å². The highest BCUT2D eigenvalue weighted by molar-refractivity contribution is 5.94. The fourth-order valence-electron chi connectivity index (χ4n) is 4.09. The number of amides is 1. The van der Waals surface area contributed by atoms with Gasteiger partial charge in [-0.1, -0.05) is 24.3 Å². The van der Waals surface area contributed by atoms with Gasteiger partial charge in [-0.05, 0) is 69.0 Å². The molecule has 1 atom stereocenters. The van der Waals surface area contributed by atoms with Crippen molar-refractivity contribution in [3.8, 4) is 0 Å². The third kappa shape index (κ3) is 6.02. The lowest BCUT2D eigenvalue weighted by atomic mass is 10.1. The Bertz CT molecular complexity index is 899. The highest BCUT2D eigenvalue weighted by Gasteiger charge is 2.15. The first kappa shape index (κ1) is 23.6. The van der Waals surface area contributed by atoms with Crippen molar-refractivity contribution < 1.29 is 4.79 Å². The van der Waals surface area contributed by atoms with Gasteiger partial charge in [0.25, 0.3) is 5.91 Å². The van der Waals surface area contributed by atoms with Crippen LogP contribution in [0.1, 0.15) is 61.1 Å². The number of rotatable bonds is 8. The quantitative estimate of drug-likeness (QED) is 0.482. The molecule has 2 aromatic carbocycles. The molecule has 0 radical (unpaired) electrons. The van der Waals surface area contributed by atoms with E-state index in [0.717, 1.165) is 43.3 Å². The molecule has 1 aliphatic rings. The Morgan fingerprint density at radius 2 is 1.78 bits per heavy atom. The zero-order chi connectivity index (χ0) is 22.9. The molecule has 1 heterocycles. The van der Waals surface area contributed by atoms with Crippen LogP contribution in [0.4, 0.5) is 5.69 Å². The van der Waals surface area contributed by atoms with Gasteiger partial charge < -0.3 is 20.4 Å². The minimum atomic E-state index is 0.0805. The summed E-state index contributed by atoms with van der Waals surface area (Å²) in [5, 5.41) is 6.87. The van der Waals surface area contributed by atoms with Crippen molar-refractivity contribution in [2.75, 3.05) is 38.1 Å². The molecule has 0 aromatic heterocycles. The second-order valence-electron chi connectivity index (χ2n) is 8.26. The van der Waals surface area contributed by atoms with Gasteiger partial charge in [0.05, 0.1) is 6.04 Å². The van der Waals surface area contributed by atoms with E-state index in [4.69, 9.17) is 0 Å². The second kappa shape index (κ2) is 11.6. The number of carbonyl (C=O) groups excluding carboxylic acids is 1. The standard InChI is InChI=1S/C26H37N5O/c1-5-30(6-2)25(32)22-14-12-21(13-15-22)19-28-26(27-4)29-20(3)23-10-9-11-24(18-23)31-16-7-8-17-31/h9-15,18,20H,5-8,16-17,19H2,1-4H3,(H2,27,28,29). The highest BCUT2D eigenvalue weighted by atomic mass is 16.2. The summed E-state index contributed by atoms with van der Waals surface area (Å²) < 4.78 is 0. The van der Waals surface area contributed by atoms with E-state index in [9.17, 15) is 4.79 Å². The summed E-state index contributed by atoms with van der Waals surface area (Å²) in [6.07, 6.45) is 2.55. The lowest BCUT2D eigenvalue weighted by Gasteiger charge is -2.22. The predicted molar refractivity (Wildman–Crippen MR) is 133 cm³/mol. The van der Waals surface area contributed by atoms with Gasteiger partial charge in [-0.3, -0.25) is 9.79 Å². The van der Waals surface area contributed by atoms with E-state index < -0.39 is 0 Å². The molecule has 2 aromatic rings. The van der Waals surface area contributed by atoms with Gasteiger partial charge in [-0.2, -0.15) is 0 Å².